The predicted molar refractivity (Wildman–Crippen MR) is 152 cm³/mol. The highest BCUT2D eigenvalue weighted by Gasteiger charge is 2.38. The second-order valence-corrected chi connectivity index (χ2v) is 9.59. The highest BCUT2D eigenvalue weighted by molar-refractivity contribution is 5.98. The molecule has 4 aromatic rings. The van der Waals surface area contributed by atoms with E-state index in [1.165, 1.54) is 10.8 Å². The Morgan fingerprint density at radius 2 is 1.16 bits per heavy atom. The number of anilines is 1. The van der Waals surface area contributed by atoms with Gasteiger partial charge in [0, 0.05) is 29.8 Å². The summed E-state index contributed by atoms with van der Waals surface area (Å²) < 4.78 is 24.6. The van der Waals surface area contributed by atoms with Gasteiger partial charge in [-0.25, -0.2) is 0 Å². The minimum atomic E-state index is -0.746. The van der Waals surface area contributed by atoms with Crippen molar-refractivity contribution in [2.75, 3.05) is 57.6 Å². The van der Waals surface area contributed by atoms with Crippen molar-refractivity contribution >= 4 is 22.5 Å². The minimum Gasteiger partial charge on any atom is -0.471 e. The molecule has 5 heteroatoms. The topological polar surface area (TPSA) is 40.2 Å². The molecule has 0 atom stereocenters. The van der Waals surface area contributed by atoms with E-state index in [1.807, 2.05) is 12.1 Å². The molecule has 0 radical (unpaired) electrons. The molecule has 38 heavy (non-hydrogen) atoms. The summed E-state index contributed by atoms with van der Waals surface area (Å²) in [6.07, 6.45) is 4.45. The standard InChI is InChI=1S/C33H33NO4/c1-3-10-27(11-4-1)33(28-12-5-2-6-13-28)16-15-30-29-14-8-7-9-26(29)25-31(32(30)38-33)34-17-19-35-21-23-37-24-22-36-20-18-34/h1-16,25H,17-24H2. The first-order valence-corrected chi connectivity index (χ1v) is 13.4. The lowest BCUT2D eigenvalue weighted by molar-refractivity contribution is 0.0125. The van der Waals surface area contributed by atoms with Gasteiger partial charge in [-0.1, -0.05) is 84.9 Å². The Morgan fingerprint density at radius 1 is 0.605 bits per heavy atom. The van der Waals surface area contributed by atoms with Crippen molar-refractivity contribution in [3.05, 3.63) is 114 Å². The van der Waals surface area contributed by atoms with Crippen molar-refractivity contribution in [3.8, 4) is 5.75 Å². The van der Waals surface area contributed by atoms with Gasteiger partial charge in [-0.15, -0.1) is 0 Å². The van der Waals surface area contributed by atoms with Gasteiger partial charge in [-0.3, -0.25) is 0 Å². The number of nitrogens with zero attached hydrogens (tertiary/aromatic N) is 1. The number of rotatable bonds is 3. The fourth-order valence-electron chi connectivity index (χ4n) is 5.34. The smallest absolute Gasteiger partial charge is 0.178 e. The molecular formula is C33H33NO4. The third-order valence-corrected chi connectivity index (χ3v) is 7.27. The van der Waals surface area contributed by atoms with E-state index in [0.717, 1.165) is 41.2 Å². The van der Waals surface area contributed by atoms with Crippen LogP contribution in [0.2, 0.25) is 0 Å². The van der Waals surface area contributed by atoms with Crippen LogP contribution in [0.25, 0.3) is 16.8 Å². The van der Waals surface area contributed by atoms with Crippen LogP contribution in [0.4, 0.5) is 5.69 Å². The van der Waals surface area contributed by atoms with Crippen molar-refractivity contribution in [2.45, 2.75) is 5.60 Å². The first-order chi connectivity index (χ1) is 18.9. The molecule has 2 aliphatic heterocycles. The Kier molecular flexibility index (Phi) is 7.40. The summed E-state index contributed by atoms with van der Waals surface area (Å²) in [5.41, 5.74) is 3.59. The summed E-state index contributed by atoms with van der Waals surface area (Å²) in [6.45, 7) is 4.98. The van der Waals surface area contributed by atoms with Crippen LogP contribution < -0.4 is 9.64 Å². The molecule has 0 aromatic heterocycles. The van der Waals surface area contributed by atoms with Gasteiger partial charge in [-0.05, 0) is 29.0 Å². The first-order valence-electron chi connectivity index (χ1n) is 13.4. The molecule has 6 rings (SSSR count). The Bertz CT molecular complexity index is 1340. The van der Waals surface area contributed by atoms with Crippen LogP contribution in [0.1, 0.15) is 16.7 Å². The summed E-state index contributed by atoms with van der Waals surface area (Å²) in [5, 5.41) is 2.36. The molecule has 0 spiro atoms. The van der Waals surface area contributed by atoms with E-state index in [0.29, 0.717) is 39.6 Å². The summed E-state index contributed by atoms with van der Waals surface area (Å²) in [6, 6.07) is 31.7. The number of benzene rings is 4. The zero-order chi connectivity index (χ0) is 25.6. The Morgan fingerprint density at radius 3 is 1.79 bits per heavy atom. The molecule has 0 amide bonds. The SMILES string of the molecule is C1=CC(c2ccccc2)(c2ccccc2)Oc2c(N3CCOCCOCCOCC3)cc3ccccc3c21. The first kappa shape index (κ1) is 24.7. The number of fused-ring (bicyclic) bond motifs is 3. The second kappa shape index (κ2) is 11.4. The fourth-order valence-corrected chi connectivity index (χ4v) is 5.34. The Balaban J connectivity index is 1.49. The average molecular weight is 508 g/mol. The average Bonchev–Trinajstić information content (AvgIpc) is 2.98. The molecule has 0 unspecified atom stereocenters. The molecule has 0 bridgehead atoms. The van der Waals surface area contributed by atoms with Gasteiger partial charge in [0.15, 0.2) is 11.4 Å². The number of hydrogen-bond acceptors (Lipinski definition) is 5. The van der Waals surface area contributed by atoms with Crippen LogP contribution in [-0.4, -0.2) is 52.7 Å². The molecule has 4 aromatic carbocycles. The van der Waals surface area contributed by atoms with Gasteiger partial charge in [-0.2, -0.15) is 0 Å². The molecule has 0 N–H and O–H groups in total. The van der Waals surface area contributed by atoms with Crippen LogP contribution in [0.3, 0.4) is 0 Å². The molecule has 1 saturated heterocycles. The van der Waals surface area contributed by atoms with E-state index in [-0.39, 0.29) is 0 Å². The molecule has 0 saturated carbocycles. The van der Waals surface area contributed by atoms with Crippen LogP contribution >= 0.6 is 0 Å². The van der Waals surface area contributed by atoms with E-state index in [9.17, 15) is 0 Å². The Hall–Kier alpha value is -3.64. The third-order valence-electron chi connectivity index (χ3n) is 7.27. The van der Waals surface area contributed by atoms with E-state index in [4.69, 9.17) is 18.9 Å². The summed E-state index contributed by atoms with van der Waals surface area (Å²) in [4.78, 5) is 2.34. The lowest BCUT2D eigenvalue weighted by Crippen LogP contribution is -2.37. The molecule has 0 aliphatic carbocycles. The minimum absolute atomic E-state index is 0.577. The third kappa shape index (κ3) is 4.93. The van der Waals surface area contributed by atoms with Crippen LogP contribution in [0.15, 0.2) is 97.1 Å². The lowest BCUT2D eigenvalue weighted by atomic mass is 9.83. The van der Waals surface area contributed by atoms with Gasteiger partial charge in [0.25, 0.3) is 0 Å². The van der Waals surface area contributed by atoms with Crippen LogP contribution in [0, 0.1) is 0 Å². The number of ether oxygens (including phenoxy) is 4. The lowest BCUT2D eigenvalue weighted by Gasteiger charge is -2.39. The van der Waals surface area contributed by atoms with E-state index in [2.05, 4.69) is 95.9 Å². The van der Waals surface area contributed by atoms with E-state index >= 15 is 0 Å². The van der Waals surface area contributed by atoms with Gasteiger partial charge >= 0.3 is 0 Å². The maximum absolute atomic E-state index is 7.23. The van der Waals surface area contributed by atoms with Gasteiger partial charge < -0.3 is 23.8 Å². The quantitative estimate of drug-likeness (QED) is 0.337. The van der Waals surface area contributed by atoms with Gasteiger partial charge in [0.05, 0.1) is 45.3 Å². The van der Waals surface area contributed by atoms with Gasteiger partial charge in [0.2, 0.25) is 0 Å². The highest BCUT2D eigenvalue weighted by Crippen LogP contribution is 2.48. The maximum atomic E-state index is 7.23. The van der Waals surface area contributed by atoms with Crippen molar-refractivity contribution < 1.29 is 18.9 Å². The second-order valence-electron chi connectivity index (χ2n) is 9.59. The molecule has 2 heterocycles. The van der Waals surface area contributed by atoms with Gasteiger partial charge in [0.1, 0.15) is 0 Å². The summed E-state index contributed by atoms with van der Waals surface area (Å²) in [5.74, 6) is 0.884. The molecule has 5 nitrogen and oxygen atoms in total. The Labute approximate surface area is 224 Å². The fraction of sp³-hybridized carbons (Fsp3) is 0.273. The zero-order valence-corrected chi connectivity index (χ0v) is 21.6. The molecule has 1 fully saturated rings. The largest absolute Gasteiger partial charge is 0.471 e. The molecule has 194 valence electrons. The van der Waals surface area contributed by atoms with Crippen LogP contribution in [-0.2, 0) is 19.8 Å². The normalized spacial score (nSPS) is 18.2. The van der Waals surface area contributed by atoms with E-state index < -0.39 is 5.60 Å². The summed E-state index contributed by atoms with van der Waals surface area (Å²) in [7, 11) is 0. The van der Waals surface area contributed by atoms with Crippen molar-refractivity contribution in [2.24, 2.45) is 0 Å². The van der Waals surface area contributed by atoms with Crippen LogP contribution in [0.5, 0.6) is 5.75 Å². The highest BCUT2D eigenvalue weighted by atomic mass is 16.5. The predicted octanol–water partition coefficient (Wildman–Crippen LogP) is 6.06. The maximum Gasteiger partial charge on any atom is 0.178 e. The monoisotopic (exact) mass is 507 g/mol. The molecule has 2 aliphatic rings. The molecular weight excluding hydrogens is 474 g/mol. The van der Waals surface area contributed by atoms with Crippen molar-refractivity contribution in [1.29, 1.82) is 0 Å². The zero-order valence-electron chi connectivity index (χ0n) is 21.6. The summed E-state index contributed by atoms with van der Waals surface area (Å²) >= 11 is 0. The van der Waals surface area contributed by atoms with Crippen molar-refractivity contribution in [1.82, 2.24) is 0 Å². The van der Waals surface area contributed by atoms with Crippen molar-refractivity contribution in [3.63, 3.8) is 0 Å². The number of hydrogen-bond donors (Lipinski definition) is 0. The van der Waals surface area contributed by atoms with E-state index in [1.54, 1.807) is 0 Å².